The first-order valence-electron chi connectivity index (χ1n) is 9.54. The van der Waals surface area contributed by atoms with Crippen molar-refractivity contribution in [3.8, 4) is 23.3 Å². The van der Waals surface area contributed by atoms with Crippen LogP contribution in [0, 0.1) is 18.3 Å². The number of hydrogen-bond acceptors (Lipinski definition) is 7. The lowest BCUT2D eigenvalue weighted by Crippen LogP contribution is -2.13. The van der Waals surface area contributed by atoms with Gasteiger partial charge >= 0.3 is 0 Å². The number of halogens is 1. The molecule has 1 amide bonds. The quantitative estimate of drug-likeness (QED) is 0.285. The average molecular weight is 454 g/mol. The number of nitrogens with zero attached hydrogens (tertiary/aromatic N) is 2. The number of nitrogens with one attached hydrogen (secondary N) is 1. The Labute approximate surface area is 189 Å². The highest BCUT2D eigenvalue weighted by atomic mass is 35.5. The second-order valence-corrected chi connectivity index (χ2v) is 6.92. The molecule has 0 unspecified atom stereocenters. The van der Waals surface area contributed by atoms with Crippen LogP contribution in [0.1, 0.15) is 11.3 Å². The smallest absolute Gasteiger partial charge is 0.267 e. The van der Waals surface area contributed by atoms with Crippen molar-refractivity contribution in [3.05, 3.63) is 70.5 Å². The van der Waals surface area contributed by atoms with Crippen LogP contribution in [-0.4, -0.2) is 31.4 Å². The molecule has 3 aromatic rings. The van der Waals surface area contributed by atoms with Crippen molar-refractivity contribution in [2.45, 2.75) is 6.92 Å². The number of aryl methyl sites for hydroxylation is 1. The van der Waals surface area contributed by atoms with Crippen LogP contribution in [0.2, 0.25) is 5.02 Å². The topological polar surface area (TPSA) is 107 Å². The number of hydrogen-bond donors (Lipinski definition) is 1. The monoisotopic (exact) mass is 453 g/mol. The van der Waals surface area contributed by atoms with E-state index in [-0.39, 0.29) is 18.0 Å². The van der Waals surface area contributed by atoms with Crippen molar-refractivity contribution in [2.24, 2.45) is 0 Å². The Morgan fingerprint density at radius 2 is 1.97 bits per heavy atom. The zero-order chi connectivity index (χ0) is 22.9. The molecule has 1 heterocycles. The Kier molecular flexibility index (Phi) is 7.73. The number of benzene rings is 2. The molecule has 0 aliphatic rings. The highest BCUT2D eigenvalue weighted by Crippen LogP contribution is 2.27. The summed E-state index contributed by atoms with van der Waals surface area (Å²) in [5.74, 6) is 2.00. The molecule has 0 fully saturated rings. The average Bonchev–Trinajstić information content (AvgIpc) is 3.20. The molecule has 1 N–H and O–H groups in total. The molecule has 164 valence electrons. The largest absolute Gasteiger partial charge is 0.497 e. The van der Waals surface area contributed by atoms with Gasteiger partial charge in [-0.1, -0.05) is 28.9 Å². The maximum atomic E-state index is 12.3. The minimum Gasteiger partial charge on any atom is -0.497 e. The number of carbonyl (C=O) groups is 1. The van der Waals surface area contributed by atoms with Crippen molar-refractivity contribution >= 4 is 29.4 Å². The van der Waals surface area contributed by atoms with Gasteiger partial charge in [-0.3, -0.25) is 4.79 Å². The fraction of sp³-hybridized carbons (Fsp3) is 0.174. The number of nitriles is 1. The van der Waals surface area contributed by atoms with E-state index in [1.165, 1.54) is 6.08 Å². The maximum Gasteiger partial charge on any atom is 0.267 e. The van der Waals surface area contributed by atoms with Crippen LogP contribution >= 0.6 is 11.6 Å². The van der Waals surface area contributed by atoms with Crippen molar-refractivity contribution < 1.29 is 23.5 Å². The van der Waals surface area contributed by atoms with E-state index >= 15 is 0 Å². The summed E-state index contributed by atoms with van der Waals surface area (Å²) in [6.45, 7) is 2.28. The van der Waals surface area contributed by atoms with Gasteiger partial charge in [0, 0.05) is 12.1 Å². The molecule has 0 atom stereocenters. The van der Waals surface area contributed by atoms with Crippen LogP contribution in [-0.2, 0) is 4.79 Å². The third kappa shape index (κ3) is 6.27. The Hall–Kier alpha value is -3.96. The molecule has 0 aliphatic carbocycles. The van der Waals surface area contributed by atoms with Gasteiger partial charge in [0.2, 0.25) is 0 Å². The first-order chi connectivity index (χ1) is 15.5. The molecule has 0 spiro atoms. The molecule has 1 aromatic heterocycles. The minimum absolute atomic E-state index is 0.109. The molecule has 2 aromatic carbocycles. The lowest BCUT2D eigenvalue weighted by atomic mass is 10.1. The first-order valence-corrected chi connectivity index (χ1v) is 9.92. The summed E-state index contributed by atoms with van der Waals surface area (Å²) in [5.41, 5.74) is 0.458. The summed E-state index contributed by atoms with van der Waals surface area (Å²) < 4.78 is 21.3. The molecule has 9 heteroatoms. The number of carbonyl (C=O) groups excluding carboxylic acids is 1. The second kappa shape index (κ2) is 10.9. The highest BCUT2D eigenvalue weighted by molar-refractivity contribution is 6.32. The SMILES string of the molecule is COc1cccc(OCCOc2ccc(C=C(C#N)C(=O)Nc3cc(C)on3)cc2Cl)c1. The number of aromatic nitrogens is 1. The summed E-state index contributed by atoms with van der Waals surface area (Å²) in [4.78, 5) is 12.3. The predicted molar refractivity (Wildman–Crippen MR) is 119 cm³/mol. The highest BCUT2D eigenvalue weighted by Gasteiger charge is 2.12. The van der Waals surface area contributed by atoms with E-state index in [4.69, 9.17) is 30.3 Å². The Bertz CT molecular complexity index is 1170. The lowest BCUT2D eigenvalue weighted by Gasteiger charge is -2.11. The van der Waals surface area contributed by atoms with E-state index in [1.54, 1.807) is 44.4 Å². The van der Waals surface area contributed by atoms with Crippen molar-refractivity contribution in [2.75, 3.05) is 25.6 Å². The van der Waals surface area contributed by atoms with Crippen LogP contribution < -0.4 is 19.5 Å². The van der Waals surface area contributed by atoms with Gasteiger partial charge in [-0.15, -0.1) is 0 Å². The van der Waals surface area contributed by atoms with E-state index in [9.17, 15) is 10.1 Å². The van der Waals surface area contributed by atoms with Gasteiger partial charge in [0.05, 0.1) is 12.1 Å². The molecule has 8 nitrogen and oxygen atoms in total. The normalized spacial score (nSPS) is 10.9. The maximum absolute atomic E-state index is 12.3. The number of rotatable bonds is 9. The van der Waals surface area contributed by atoms with Crippen LogP contribution in [0.4, 0.5) is 5.82 Å². The fourth-order valence-corrected chi connectivity index (χ4v) is 2.89. The standard InChI is InChI=1S/C23H20ClN3O5/c1-15-10-22(27-32-15)26-23(28)17(14-25)11-16-6-7-21(20(24)12-16)31-9-8-30-19-5-3-4-18(13-19)29-2/h3-7,10-13H,8-9H2,1-2H3,(H,26,27,28). The summed E-state index contributed by atoms with van der Waals surface area (Å²) in [7, 11) is 1.59. The number of amides is 1. The molecule has 32 heavy (non-hydrogen) atoms. The van der Waals surface area contributed by atoms with Crippen molar-refractivity contribution in [1.29, 1.82) is 5.26 Å². The lowest BCUT2D eigenvalue weighted by molar-refractivity contribution is -0.112. The zero-order valence-electron chi connectivity index (χ0n) is 17.4. The van der Waals surface area contributed by atoms with Gasteiger partial charge in [0.25, 0.3) is 5.91 Å². The first kappa shape index (κ1) is 22.7. The summed E-state index contributed by atoms with van der Waals surface area (Å²) in [6.07, 6.45) is 1.42. The van der Waals surface area contributed by atoms with Crippen molar-refractivity contribution in [1.82, 2.24) is 5.16 Å². The fourth-order valence-electron chi connectivity index (χ4n) is 2.65. The summed E-state index contributed by atoms with van der Waals surface area (Å²) in [5, 5.41) is 15.8. The second-order valence-electron chi connectivity index (χ2n) is 6.51. The van der Waals surface area contributed by atoms with E-state index < -0.39 is 5.91 Å². The van der Waals surface area contributed by atoms with Gasteiger partial charge in [-0.05, 0) is 42.8 Å². The van der Waals surface area contributed by atoms with E-state index in [0.717, 1.165) is 0 Å². The van der Waals surface area contributed by atoms with Gasteiger partial charge in [0.1, 0.15) is 47.9 Å². The van der Waals surface area contributed by atoms with Crippen LogP contribution in [0.25, 0.3) is 6.08 Å². The Morgan fingerprint density at radius 1 is 1.19 bits per heavy atom. The molecule has 0 bridgehead atoms. The summed E-state index contributed by atoms with van der Waals surface area (Å²) >= 11 is 6.29. The van der Waals surface area contributed by atoms with Crippen molar-refractivity contribution in [3.63, 3.8) is 0 Å². The number of ether oxygens (including phenoxy) is 3. The van der Waals surface area contributed by atoms with E-state index in [1.807, 2.05) is 24.3 Å². The predicted octanol–water partition coefficient (Wildman–Crippen LogP) is 4.65. The van der Waals surface area contributed by atoms with Crippen LogP contribution in [0.3, 0.4) is 0 Å². The Balaban J connectivity index is 1.57. The summed E-state index contributed by atoms with van der Waals surface area (Å²) in [6, 6.07) is 15.6. The molecule has 0 aliphatic heterocycles. The third-order valence-corrected chi connectivity index (χ3v) is 4.45. The number of anilines is 1. The van der Waals surface area contributed by atoms with Gasteiger partial charge < -0.3 is 24.1 Å². The molecule has 0 saturated carbocycles. The van der Waals surface area contributed by atoms with Crippen LogP contribution in [0.15, 0.2) is 58.6 Å². The van der Waals surface area contributed by atoms with Gasteiger partial charge in [-0.2, -0.15) is 5.26 Å². The molecular weight excluding hydrogens is 434 g/mol. The van der Waals surface area contributed by atoms with E-state index in [2.05, 4.69) is 10.5 Å². The molecule has 0 saturated heterocycles. The van der Waals surface area contributed by atoms with Gasteiger partial charge in [-0.25, -0.2) is 0 Å². The van der Waals surface area contributed by atoms with Crippen LogP contribution in [0.5, 0.6) is 17.2 Å². The zero-order valence-corrected chi connectivity index (χ0v) is 18.2. The Morgan fingerprint density at radius 3 is 2.66 bits per heavy atom. The van der Waals surface area contributed by atoms with E-state index in [0.29, 0.717) is 40.2 Å². The minimum atomic E-state index is -0.605. The van der Waals surface area contributed by atoms with Gasteiger partial charge in [0.15, 0.2) is 5.82 Å². The third-order valence-electron chi connectivity index (χ3n) is 4.15. The molecule has 3 rings (SSSR count). The molecule has 0 radical (unpaired) electrons. The molecular formula is C23H20ClN3O5. The number of methoxy groups -OCH3 is 1.